The van der Waals surface area contributed by atoms with Crippen molar-refractivity contribution in [2.45, 2.75) is 20.3 Å². The first-order chi connectivity index (χ1) is 8.95. The minimum absolute atomic E-state index is 0.108. The van der Waals surface area contributed by atoms with E-state index in [0.29, 0.717) is 0 Å². The number of halogens is 1. The zero-order valence-corrected chi connectivity index (χ0v) is 13.8. The summed E-state index contributed by atoms with van der Waals surface area (Å²) in [6.45, 7) is 6.57. The molecule has 1 aromatic rings. The maximum Gasteiger partial charge on any atom is 0.254 e. The van der Waals surface area contributed by atoms with Crippen molar-refractivity contribution in [2.24, 2.45) is 0 Å². The van der Waals surface area contributed by atoms with Gasteiger partial charge in [0.1, 0.15) is 0 Å². The average molecular weight is 327 g/mol. The van der Waals surface area contributed by atoms with Crippen LogP contribution in [0, 0.1) is 6.92 Å². The highest BCUT2D eigenvalue weighted by molar-refractivity contribution is 9.10. The van der Waals surface area contributed by atoms with Crippen molar-refractivity contribution in [1.29, 1.82) is 0 Å². The van der Waals surface area contributed by atoms with E-state index in [4.69, 9.17) is 0 Å². The Kier molecular flexibility index (Phi) is 6.52. The summed E-state index contributed by atoms with van der Waals surface area (Å²) in [5.74, 6) is 0.108. The minimum Gasteiger partial charge on any atom is -0.339 e. The molecule has 0 aliphatic carbocycles. The Hall–Kier alpha value is -0.870. The summed E-state index contributed by atoms with van der Waals surface area (Å²) in [5, 5.41) is 0. The van der Waals surface area contributed by atoms with Gasteiger partial charge in [-0.15, -0.1) is 0 Å². The molecule has 0 bridgehead atoms. The molecule has 0 N–H and O–H groups in total. The summed E-state index contributed by atoms with van der Waals surface area (Å²) in [4.78, 5) is 16.6. The zero-order valence-electron chi connectivity index (χ0n) is 12.2. The molecule has 1 rings (SSSR count). The average Bonchev–Trinajstić information content (AvgIpc) is 2.36. The molecule has 3 nitrogen and oxygen atoms in total. The van der Waals surface area contributed by atoms with Gasteiger partial charge in [-0.1, -0.05) is 11.6 Å². The molecule has 0 aromatic heterocycles. The third kappa shape index (κ3) is 4.96. The lowest BCUT2D eigenvalue weighted by molar-refractivity contribution is 0.0758. The van der Waals surface area contributed by atoms with Gasteiger partial charge in [-0.25, -0.2) is 0 Å². The lowest BCUT2D eigenvalue weighted by Crippen LogP contribution is -2.33. The summed E-state index contributed by atoms with van der Waals surface area (Å²) in [5.41, 5.74) is 1.86. The van der Waals surface area contributed by atoms with Crippen molar-refractivity contribution < 1.29 is 4.79 Å². The molecule has 0 aliphatic rings. The van der Waals surface area contributed by atoms with Crippen molar-refractivity contribution >= 4 is 21.8 Å². The smallest absolute Gasteiger partial charge is 0.254 e. The SMILES string of the molecule is CCN(CCCN(C)C)C(=O)c1cc(C)ccc1Br. The van der Waals surface area contributed by atoms with Crippen LogP contribution < -0.4 is 0 Å². The Bertz CT molecular complexity index is 432. The number of nitrogens with zero attached hydrogens (tertiary/aromatic N) is 2. The minimum atomic E-state index is 0.108. The van der Waals surface area contributed by atoms with Gasteiger partial charge >= 0.3 is 0 Å². The molecule has 0 unspecified atom stereocenters. The van der Waals surface area contributed by atoms with E-state index in [1.54, 1.807) is 0 Å². The molecule has 0 fully saturated rings. The highest BCUT2D eigenvalue weighted by atomic mass is 79.9. The number of carbonyl (C=O) groups excluding carboxylic acids is 1. The summed E-state index contributed by atoms with van der Waals surface area (Å²) in [6, 6.07) is 5.89. The highest BCUT2D eigenvalue weighted by Crippen LogP contribution is 2.20. The first-order valence-electron chi connectivity index (χ1n) is 6.65. The monoisotopic (exact) mass is 326 g/mol. The summed E-state index contributed by atoms with van der Waals surface area (Å²) in [7, 11) is 4.10. The molecule has 1 aromatic carbocycles. The van der Waals surface area contributed by atoms with Crippen molar-refractivity contribution in [3.8, 4) is 0 Å². The van der Waals surface area contributed by atoms with Gasteiger partial charge in [-0.05, 0) is 69.0 Å². The van der Waals surface area contributed by atoms with Crippen LogP contribution in [0.1, 0.15) is 29.3 Å². The zero-order chi connectivity index (χ0) is 14.4. The maximum absolute atomic E-state index is 12.5. The normalized spacial score (nSPS) is 10.8. The van der Waals surface area contributed by atoms with Gasteiger partial charge in [0.05, 0.1) is 5.56 Å². The molecule has 0 saturated heterocycles. The predicted octanol–water partition coefficient (Wildman–Crippen LogP) is 3.17. The molecule has 0 radical (unpaired) electrons. The summed E-state index contributed by atoms with van der Waals surface area (Å²) in [6.07, 6.45) is 0.996. The van der Waals surface area contributed by atoms with Crippen LogP contribution in [0.25, 0.3) is 0 Å². The molecule has 1 amide bonds. The highest BCUT2D eigenvalue weighted by Gasteiger charge is 2.16. The van der Waals surface area contributed by atoms with Crippen LogP contribution in [0.15, 0.2) is 22.7 Å². The summed E-state index contributed by atoms with van der Waals surface area (Å²) >= 11 is 3.46. The number of hydrogen-bond acceptors (Lipinski definition) is 2. The van der Waals surface area contributed by atoms with Gasteiger partial charge < -0.3 is 9.80 Å². The lowest BCUT2D eigenvalue weighted by Gasteiger charge is -2.22. The number of amides is 1. The molecule has 0 spiro atoms. The first-order valence-corrected chi connectivity index (χ1v) is 7.45. The predicted molar refractivity (Wildman–Crippen MR) is 83.6 cm³/mol. The third-order valence-corrected chi connectivity index (χ3v) is 3.75. The number of rotatable bonds is 6. The van der Waals surface area contributed by atoms with Gasteiger partial charge in [0.25, 0.3) is 5.91 Å². The van der Waals surface area contributed by atoms with Crippen LogP contribution in [-0.2, 0) is 0 Å². The molecular formula is C15H23BrN2O. The third-order valence-electron chi connectivity index (χ3n) is 3.05. The number of hydrogen-bond donors (Lipinski definition) is 0. The van der Waals surface area contributed by atoms with Crippen molar-refractivity contribution in [3.63, 3.8) is 0 Å². The number of benzene rings is 1. The molecule has 0 atom stereocenters. The molecule has 19 heavy (non-hydrogen) atoms. The fraction of sp³-hybridized carbons (Fsp3) is 0.533. The van der Waals surface area contributed by atoms with Crippen LogP contribution in [0.3, 0.4) is 0 Å². The Morgan fingerprint density at radius 2 is 1.95 bits per heavy atom. The Morgan fingerprint density at radius 1 is 1.26 bits per heavy atom. The fourth-order valence-corrected chi connectivity index (χ4v) is 2.37. The van der Waals surface area contributed by atoms with Crippen LogP contribution in [0.2, 0.25) is 0 Å². The standard InChI is InChI=1S/C15H23BrN2O/c1-5-18(10-6-9-17(3)4)15(19)13-11-12(2)7-8-14(13)16/h7-8,11H,5-6,9-10H2,1-4H3. The second kappa shape index (κ2) is 7.65. The Labute approximate surface area is 124 Å². The molecular weight excluding hydrogens is 304 g/mol. The van der Waals surface area contributed by atoms with E-state index in [9.17, 15) is 4.79 Å². The van der Waals surface area contributed by atoms with Gasteiger partial charge in [0.2, 0.25) is 0 Å². The number of aryl methyl sites for hydroxylation is 1. The molecule has 0 saturated carbocycles. The molecule has 4 heteroatoms. The van der Waals surface area contributed by atoms with Crippen LogP contribution in [0.4, 0.5) is 0 Å². The molecule has 0 aliphatic heterocycles. The van der Waals surface area contributed by atoms with E-state index < -0.39 is 0 Å². The topological polar surface area (TPSA) is 23.6 Å². The van der Waals surface area contributed by atoms with E-state index in [0.717, 1.165) is 41.7 Å². The van der Waals surface area contributed by atoms with Gasteiger partial charge in [0, 0.05) is 17.6 Å². The van der Waals surface area contributed by atoms with Crippen LogP contribution >= 0.6 is 15.9 Å². The largest absolute Gasteiger partial charge is 0.339 e. The van der Waals surface area contributed by atoms with Crippen LogP contribution in [0.5, 0.6) is 0 Å². The van der Waals surface area contributed by atoms with E-state index >= 15 is 0 Å². The van der Waals surface area contributed by atoms with Gasteiger partial charge in [-0.3, -0.25) is 4.79 Å². The Balaban J connectivity index is 2.75. The Morgan fingerprint density at radius 3 is 2.53 bits per heavy atom. The van der Waals surface area contributed by atoms with Crippen molar-refractivity contribution in [2.75, 3.05) is 33.7 Å². The number of carbonyl (C=O) groups is 1. The quantitative estimate of drug-likeness (QED) is 0.801. The second-order valence-corrected chi connectivity index (χ2v) is 5.88. The van der Waals surface area contributed by atoms with Crippen molar-refractivity contribution in [3.05, 3.63) is 33.8 Å². The van der Waals surface area contributed by atoms with E-state index in [-0.39, 0.29) is 5.91 Å². The maximum atomic E-state index is 12.5. The lowest BCUT2D eigenvalue weighted by atomic mass is 10.1. The second-order valence-electron chi connectivity index (χ2n) is 5.02. The van der Waals surface area contributed by atoms with E-state index in [1.165, 1.54) is 0 Å². The molecule has 106 valence electrons. The summed E-state index contributed by atoms with van der Waals surface area (Å²) < 4.78 is 0.870. The first kappa shape index (κ1) is 16.2. The van der Waals surface area contributed by atoms with E-state index in [2.05, 4.69) is 34.9 Å². The van der Waals surface area contributed by atoms with Gasteiger partial charge in [-0.2, -0.15) is 0 Å². The van der Waals surface area contributed by atoms with Gasteiger partial charge in [0.15, 0.2) is 0 Å². The van der Waals surface area contributed by atoms with Crippen LogP contribution in [-0.4, -0.2) is 49.4 Å². The molecule has 0 heterocycles. The fourth-order valence-electron chi connectivity index (χ4n) is 1.95. The van der Waals surface area contributed by atoms with E-state index in [1.807, 2.05) is 36.9 Å². The van der Waals surface area contributed by atoms with Crippen molar-refractivity contribution in [1.82, 2.24) is 9.80 Å².